The first-order valence-corrected chi connectivity index (χ1v) is 13.5. The largest absolute Gasteiger partial charge is 0.477 e. The molecule has 0 unspecified atom stereocenters. The van der Waals surface area contributed by atoms with Crippen molar-refractivity contribution in [3.8, 4) is 16.5 Å². The quantitative estimate of drug-likeness (QED) is 0.369. The molecular weight excluding hydrogens is 492 g/mol. The van der Waals surface area contributed by atoms with Gasteiger partial charge < -0.3 is 14.8 Å². The van der Waals surface area contributed by atoms with Crippen LogP contribution in [0.5, 0.6) is 5.88 Å². The highest BCUT2D eigenvalue weighted by Gasteiger charge is 2.35. The van der Waals surface area contributed by atoms with Gasteiger partial charge in [-0.25, -0.2) is 18.4 Å². The Kier molecular flexibility index (Phi) is 7.88. The van der Waals surface area contributed by atoms with Crippen molar-refractivity contribution < 1.29 is 22.7 Å². The lowest BCUT2D eigenvalue weighted by Gasteiger charge is -2.18. The molecule has 2 N–H and O–H groups in total. The van der Waals surface area contributed by atoms with Crippen molar-refractivity contribution in [3.63, 3.8) is 0 Å². The second-order valence-electron chi connectivity index (χ2n) is 7.71. The molecule has 3 aromatic heterocycles. The molecule has 1 saturated carbocycles. The van der Waals surface area contributed by atoms with E-state index in [-0.39, 0.29) is 16.9 Å². The van der Waals surface area contributed by atoms with Gasteiger partial charge in [-0.3, -0.25) is 19.5 Å². The van der Waals surface area contributed by atoms with E-state index in [1.165, 1.54) is 23.7 Å². The number of pyridine rings is 1. The maximum Gasteiger partial charge on any atom is 0.280 e. The molecule has 0 saturated heterocycles. The summed E-state index contributed by atoms with van der Waals surface area (Å²) in [4.78, 5) is 30.7. The SMILES string of the molecule is CCOC[C@H](NC(=O)c1ncc(-c2cncc(OCC)n2)s1)c1cc(NS(=O)(=O)C2CC2)ccn1. The van der Waals surface area contributed by atoms with Crippen LogP contribution >= 0.6 is 11.3 Å². The molecule has 13 heteroatoms. The monoisotopic (exact) mass is 518 g/mol. The van der Waals surface area contributed by atoms with Crippen LogP contribution in [0.25, 0.3) is 10.6 Å². The molecule has 1 aliphatic carbocycles. The number of rotatable bonds is 12. The normalized spacial score (nSPS) is 14.3. The number of nitrogens with zero attached hydrogens (tertiary/aromatic N) is 4. The van der Waals surface area contributed by atoms with Crippen LogP contribution in [0.4, 0.5) is 5.69 Å². The predicted octanol–water partition coefficient (Wildman–Crippen LogP) is 2.81. The first-order chi connectivity index (χ1) is 16.9. The average Bonchev–Trinajstić information content (AvgIpc) is 3.60. The summed E-state index contributed by atoms with van der Waals surface area (Å²) < 4.78 is 38.1. The Morgan fingerprint density at radius 1 is 1.20 bits per heavy atom. The third kappa shape index (κ3) is 6.50. The van der Waals surface area contributed by atoms with Gasteiger partial charge in [-0.05, 0) is 38.8 Å². The lowest BCUT2D eigenvalue weighted by atomic mass is 10.2. The van der Waals surface area contributed by atoms with Crippen LogP contribution in [-0.4, -0.2) is 59.3 Å². The fourth-order valence-corrected chi connectivity index (χ4v) is 5.32. The summed E-state index contributed by atoms with van der Waals surface area (Å²) in [7, 11) is -3.42. The van der Waals surface area contributed by atoms with Crippen LogP contribution in [-0.2, 0) is 14.8 Å². The predicted molar refractivity (Wildman–Crippen MR) is 131 cm³/mol. The molecule has 3 heterocycles. The molecule has 0 bridgehead atoms. The van der Waals surface area contributed by atoms with Crippen LogP contribution < -0.4 is 14.8 Å². The number of amides is 1. The standard InChI is InChI=1S/C22H26N6O5S2/c1-3-32-13-18(16-9-14(7-8-24-16)28-35(30,31)15-5-6-15)27-21(29)22-25-11-19(34-22)17-10-23-12-20(26-17)33-4-2/h7-12,15,18H,3-6,13H2,1-2H3,(H,24,28)(H,27,29)/t18-/m0/s1. The van der Waals surface area contributed by atoms with Crippen LogP contribution in [0.2, 0.25) is 0 Å². The number of ether oxygens (including phenoxy) is 2. The van der Waals surface area contributed by atoms with Crippen molar-refractivity contribution in [2.75, 3.05) is 24.5 Å². The van der Waals surface area contributed by atoms with Crippen LogP contribution in [0.1, 0.15) is 48.2 Å². The molecule has 1 atom stereocenters. The minimum absolute atomic E-state index is 0.161. The summed E-state index contributed by atoms with van der Waals surface area (Å²) in [5.74, 6) is -0.0184. The van der Waals surface area contributed by atoms with Gasteiger partial charge in [0.15, 0.2) is 5.01 Å². The Morgan fingerprint density at radius 2 is 2.03 bits per heavy atom. The van der Waals surface area contributed by atoms with E-state index in [9.17, 15) is 13.2 Å². The molecule has 0 spiro atoms. The van der Waals surface area contributed by atoms with Crippen molar-refractivity contribution in [1.82, 2.24) is 25.3 Å². The maximum absolute atomic E-state index is 13.0. The molecule has 1 fully saturated rings. The van der Waals surface area contributed by atoms with E-state index >= 15 is 0 Å². The van der Waals surface area contributed by atoms with Gasteiger partial charge in [0.25, 0.3) is 5.91 Å². The molecule has 4 rings (SSSR count). The highest BCUT2D eigenvalue weighted by atomic mass is 32.2. The van der Waals surface area contributed by atoms with Crippen LogP contribution in [0.15, 0.2) is 36.9 Å². The number of thiazole rings is 1. The second-order valence-corrected chi connectivity index (χ2v) is 10.7. The van der Waals surface area contributed by atoms with Gasteiger partial charge in [-0.2, -0.15) is 0 Å². The molecular formula is C22H26N6O5S2. The van der Waals surface area contributed by atoms with Gasteiger partial charge in [0, 0.05) is 19.0 Å². The Bertz CT molecular complexity index is 1280. The Balaban J connectivity index is 1.50. The van der Waals surface area contributed by atoms with Crippen molar-refractivity contribution in [3.05, 3.63) is 47.6 Å². The number of carbonyl (C=O) groups is 1. The van der Waals surface area contributed by atoms with Crippen LogP contribution in [0, 0.1) is 0 Å². The molecule has 35 heavy (non-hydrogen) atoms. The fraction of sp³-hybridized carbons (Fsp3) is 0.409. The van der Waals surface area contributed by atoms with Gasteiger partial charge in [0.1, 0.15) is 5.69 Å². The Labute approximate surface area is 207 Å². The number of anilines is 1. The van der Waals surface area contributed by atoms with E-state index in [2.05, 4.69) is 30.0 Å². The third-order valence-electron chi connectivity index (χ3n) is 5.01. The molecule has 0 aliphatic heterocycles. The molecule has 0 radical (unpaired) electrons. The summed E-state index contributed by atoms with van der Waals surface area (Å²) in [6, 6.07) is 2.57. The van der Waals surface area contributed by atoms with Gasteiger partial charge in [0.05, 0.1) is 53.2 Å². The average molecular weight is 519 g/mol. The number of carbonyl (C=O) groups excluding carboxylic acids is 1. The molecule has 1 aliphatic rings. The lowest BCUT2D eigenvalue weighted by molar-refractivity contribution is 0.0853. The number of aromatic nitrogens is 4. The van der Waals surface area contributed by atoms with E-state index in [4.69, 9.17) is 9.47 Å². The number of hydrogen-bond acceptors (Lipinski definition) is 10. The minimum atomic E-state index is -3.42. The molecule has 1 amide bonds. The fourth-order valence-electron chi connectivity index (χ4n) is 3.17. The minimum Gasteiger partial charge on any atom is -0.477 e. The summed E-state index contributed by atoms with van der Waals surface area (Å²) in [6.45, 7) is 4.77. The Morgan fingerprint density at radius 3 is 2.77 bits per heavy atom. The summed E-state index contributed by atoms with van der Waals surface area (Å²) >= 11 is 1.17. The molecule has 11 nitrogen and oxygen atoms in total. The zero-order valence-electron chi connectivity index (χ0n) is 19.3. The summed E-state index contributed by atoms with van der Waals surface area (Å²) in [6.07, 6.45) is 7.47. The van der Waals surface area contributed by atoms with E-state index in [1.54, 1.807) is 24.5 Å². The van der Waals surface area contributed by atoms with Crippen molar-refractivity contribution in [2.45, 2.75) is 38.0 Å². The highest BCUT2D eigenvalue weighted by Crippen LogP contribution is 2.30. The van der Waals surface area contributed by atoms with Crippen molar-refractivity contribution in [2.24, 2.45) is 0 Å². The zero-order chi connectivity index (χ0) is 24.8. The maximum atomic E-state index is 13.0. The molecule has 0 aromatic carbocycles. The molecule has 186 valence electrons. The third-order valence-corrected chi connectivity index (χ3v) is 7.90. The first-order valence-electron chi connectivity index (χ1n) is 11.2. The van der Waals surface area contributed by atoms with E-state index in [1.807, 2.05) is 13.8 Å². The summed E-state index contributed by atoms with van der Waals surface area (Å²) in [5.41, 5.74) is 1.41. The topological polar surface area (TPSA) is 145 Å². The Hall–Kier alpha value is -3.16. The summed E-state index contributed by atoms with van der Waals surface area (Å²) in [5, 5.41) is 2.77. The van der Waals surface area contributed by atoms with Crippen molar-refractivity contribution >= 4 is 33.0 Å². The smallest absolute Gasteiger partial charge is 0.280 e. The van der Waals surface area contributed by atoms with E-state index in [0.717, 1.165) is 0 Å². The van der Waals surface area contributed by atoms with Gasteiger partial charge in [-0.15, -0.1) is 11.3 Å². The highest BCUT2D eigenvalue weighted by molar-refractivity contribution is 7.93. The number of nitrogens with one attached hydrogen (secondary N) is 2. The van der Waals surface area contributed by atoms with Gasteiger partial charge in [0.2, 0.25) is 15.9 Å². The number of hydrogen-bond donors (Lipinski definition) is 2. The van der Waals surface area contributed by atoms with E-state index in [0.29, 0.717) is 53.9 Å². The van der Waals surface area contributed by atoms with Gasteiger partial charge in [-0.1, -0.05) is 0 Å². The lowest BCUT2D eigenvalue weighted by Crippen LogP contribution is -2.32. The van der Waals surface area contributed by atoms with Crippen molar-refractivity contribution in [1.29, 1.82) is 0 Å². The van der Waals surface area contributed by atoms with Gasteiger partial charge >= 0.3 is 0 Å². The van der Waals surface area contributed by atoms with Crippen LogP contribution in [0.3, 0.4) is 0 Å². The number of sulfonamides is 1. The first kappa shape index (κ1) is 24.9. The zero-order valence-corrected chi connectivity index (χ0v) is 20.9. The second kappa shape index (κ2) is 11.1. The van der Waals surface area contributed by atoms with E-state index < -0.39 is 22.0 Å². The molecule has 3 aromatic rings.